The first-order chi connectivity index (χ1) is 8.00. The number of nitrogen functional groups attached to an aromatic ring is 1. The molecule has 88 valence electrons. The van der Waals surface area contributed by atoms with Crippen molar-refractivity contribution in [2.45, 2.75) is 6.92 Å². The molecule has 2 rings (SSSR count). The van der Waals surface area contributed by atoms with E-state index in [2.05, 4.69) is 10.3 Å². The van der Waals surface area contributed by atoms with Crippen molar-refractivity contribution in [3.05, 3.63) is 39.0 Å². The number of nitro benzene ring substituents is 1. The van der Waals surface area contributed by atoms with E-state index in [0.29, 0.717) is 5.69 Å². The summed E-state index contributed by atoms with van der Waals surface area (Å²) in [5, 5.41) is 18.6. The number of hydrogen-bond acceptors (Lipinski definition) is 5. The molecule has 0 saturated heterocycles. The maximum Gasteiger partial charge on any atom is 0.296 e. The predicted octanol–water partition coefficient (Wildman–Crippen LogP) is 1.72. The van der Waals surface area contributed by atoms with Gasteiger partial charge in [0.25, 0.3) is 5.69 Å². The second kappa shape index (κ2) is 4.02. The van der Waals surface area contributed by atoms with E-state index in [1.165, 1.54) is 16.8 Å². The molecule has 0 unspecified atom stereocenters. The summed E-state index contributed by atoms with van der Waals surface area (Å²) in [6.07, 6.45) is 0. The van der Waals surface area contributed by atoms with E-state index < -0.39 is 4.92 Å². The summed E-state index contributed by atoms with van der Waals surface area (Å²) in [6.45, 7) is 1.67. The van der Waals surface area contributed by atoms with Crippen molar-refractivity contribution in [1.29, 1.82) is 0 Å². The van der Waals surface area contributed by atoms with Gasteiger partial charge in [0, 0.05) is 11.1 Å². The fourth-order valence-electron chi connectivity index (χ4n) is 1.39. The second-order valence-electron chi connectivity index (χ2n) is 3.36. The van der Waals surface area contributed by atoms with E-state index in [1.807, 2.05) is 0 Å². The zero-order chi connectivity index (χ0) is 12.6. The van der Waals surface area contributed by atoms with Crippen molar-refractivity contribution in [1.82, 2.24) is 15.0 Å². The Hall–Kier alpha value is -2.15. The van der Waals surface area contributed by atoms with Crippen LogP contribution in [0, 0.1) is 17.0 Å². The Balaban J connectivity index is 2.67. The first-order valence-electron chi connectivity index (χ1n) is 4.63. The molecule has 0 radical (unpaired) electrons. The van der Waals surface area contributed by atoms with Gasteiger partial charge in [0.1, 0.15) is 5.69 Å². The zero-order valence-corrected chi connectivity index (χ0v) is 9.55. The molecule has 0 aliphatic rings. The van der Waals surface area contributed by atoms with Crippen LogP contribution in [-0.2, 0) is 0 Å². The number of nitro groups is 1. The highest BCUT2D eigenvalue weighted by Crippen LogP contribution is 2.27. The molecule has 2 aromatic rings. The van der Waals surface area contributed by atoms with Crippen molar-refractivity contribution < 1.29 is 4.92 Å². The lowest BCUT2D eigenvalue weighted by Crippen LogP contribution is -2.04. The van der Waals surface area contributed by atoms with Gasteiger partial charge in [-0.25, -0.2) is 4.68 Å². The number of nitrogens with zero attached hydrogens (tertiary/aromatic N) is 4. The van der Waals surface area contributed by atoms with Crippen LogP contribution in [0.1, 0.15) is 5.69 Å². The van der Waals surface area contributed by atoms with Crippen LogP contribution in [0.15, 0.2) is 18.2 Å². The monoisotopic (exact) mass is 253 g/mol. The standard InChI is InChI=1S/C9H8ClN5O2/c1-5-9(11)12-13-14(5)7-3-2-6(10)4-8(7)15(16)17/h2-4H,11H2,1H3. The minimum absolute atomic E-state index is 0.148. The molecule has 0 spiro atoms. The summed E-state index contributed by atoms with van der Waals surface area (Å²) in [5.74, 6) is 0.231. The van der Waals surface area contributed by atoms with E-state index in [-0.39, 0.29) is 22.2 Å². The van der Waals surface area contributed by atoms with Crippen LogP contribution < -0.4 is 5.73 Å². The Bertz CT molecular complexity index is 595. The third-order valence-electron chi connectivity index (χ3n) is 2.29. The predicted molar refractivity (Wildman–Crippen MR) is 62.2 cm³/mol. The van der Waals surface area contributed by atoms with Crippen molar-refractivity contribution in [3.63, 3.8) is 0 Å². The number of halogens is 1. The normalized spacial score (nSPS) is 10.5. The highest BCUT2D eigenvalue weighted by Gasteiger charge is 2.19. The number of rotatable bonds is 2. The molecule has 0 bridgehead atoms. The molecule has 1 heterocycles. The van der Waals surface area contributed by atoms with Gasteiger partial charge in [-0.3, -0.25) is 10.1 Å². The number of aromatic nitrogens is 3. The molecule has 7 nitrogen and oxygen atoms in total. The van der Waals surface area contributed by atoms with Crippen LogP contribution >= 0.6 is 11.6 Å². The maximum atomic E-state index is 10.9. The van der Waals surface area contributed by atoms with Crippen molar-refractivity contribution in [3.8, 4) is 5.69 Å². The maximum absolute atomic E-state index is 10.9. The summed E-state index contributed by atoms with van der Waals surface area (Å²) in [4.78, 5) is 10.4. The molecule has 1 aromatic carbocycles. The Morgan fingerprint density at radius 2 is 2.24 bits per heavy atom. The van der Waals surface area contributed by atoms with Gasteiger partial charge in [-0.2, -0.15) is 0 Å². The Labute approximate surface area is 101 Å². The van der Waals surface area contributed by atoms with Crippen LogP contribution in [0.25, 0.3) is 5.69 Å². The number of nitrogens with two attached hydrogens (primary N) is 1. The van der Waals surface area contributed by atoms with Crippen molar-refractivity contribution in [2.75, 3.05) is 5.73 Å². The first-order valence-corrected chi connectivity index (χ1v) is 5.00. The van der Waals surface area contributed by atoms with Crippen LogP contribution in [0.2, 0.25) is 5.02 Å². The number of anilines is 1. The smallest absolute Gasteiger partial charge is 0.296 e. The first kappa shape index (κ1) is 11.3. The van der Waals surface area contributed by atoms with Crippen molar-refractivity contribution in [2.24, 2.45) is 0 Å². The Morgan fingerprint density at radius 1 is 1.53 bits per heavy atom. The van der Waals surface area contributed by atoms with E-state index in [4.69, 9.17) is 17.3 Å². The lowest BCUT2D eigenvalue weighted by molar-refractivity contribution is -0.384. The average molecular weight is 254 g/mol. The van der Waals surface area contributed by atoms with Gasteiger partial charge >= 0.3 is 0 Å². The third-order valence-corrected chi connectivity index (χ3v) is 2.53. The topological polar surface area (TPSA) is 99.9 Å². The molecule has 0 amide bonds. The van der Waals surface area contributed by atoms with E-state index >= 15 is 0 Å². The fourth-order valence-corrected chi connectivity index (χ4v) is 1.56. The van der Waals surface area contributed by atoms with E-state index in [1.54, 1.807) is 13.0 Å². The molecule has 0 saturated carbocycles. The molecule has 17 heavy (non-hydrogen) atoms. The highest BCUT2D eigenvalue weighted by molar-refractivity contribution is 6.30. The van der Waals surface area contributed by atoms with E-state index in [0.717, 1.165) is 0 Å². The molecule has 1 aromatic heterocycles. The molecule has 2 N–H and O–H groups in total. The fraction of sp³-hybridized carbons (Fsp3) is 0.111. The summed E-state index contributed by atoms with van der Waals surface area (Å²) in [7, 11) is 0. The van der Waals surface area contributed by atoms with Crippen molar-refractivity contribution >= 4 is 23.1 Å². The molecule has 8 heteroatoms. The lowest BCUT2D eigenvalue weighted by Gasteiger charge is -2.04. The van der Waals surface area contributed by atoms with Crippen LogP contribution in [0.4, 0.5) is 11.5 Å². The summed E-state index contributed by atoms with van der Waals surface area (Å²) >= 11 is 5.72. The van der Waals surface area contributed by atoms with E-state index in [9.17, 15) is 10.1 Å². The highest BCUT2D eigenvalue weighted by atomic mass is 35.5. The number of benzene rings is 1. The molecule has 0 aliphatic heterocycles. The molecular weight excluding hydrogens is 246 g/mol. The van der Waals surface area contributed by atoms with Gasteiger partial charge in [-0.05, 0) is 19.1 Å². The molecule has 0 atom stereocenters. The van der Waals surface area contributed by atoms with Gasteiger partial charge in [0.15, 0.2) is 5.82 Å². The largest absolute Gasteiger partial charge is 0.381 e. The molecule has 0 aliphatic carbocycles. The van der Waals surface area contributed by atoms with Crippen LogP contribution in [-0.4, -0.2) is 19.9 Å². The second-order valence-corrected chi connectivity index (χ2v) is 3.80. The van der Waals surface area contributed by atoms with Gasteiger partial charge in [0.05, 0.1) is 10.6 Å². The SMILES string of the molecule is Cc1c(N)nnn1-c1ccc(Cl)cc1[N+](=O)[O-]. The van der Waals surface area contributed by atoms with Gasteiger partial charge in [-0.1, -0.05) is 16.8 Å². The van der Waals surface area contributed by atoms with Crippen LogP contribution in [0.5, 0.6) is 0 Å². The number of hydrogen-bond donors (Lipinski definition) is 1. The summed E-state index contributed by atoms with van der Waals surface area (Å²) in [6, 6.07) is 4.30. The van der Waals surface area contributed by atoms with Gasteiger partial charge in [-0.15, -0.1) is 5.10 Å². The lowest BCUT2D eigenvalue weighted by atomic mass is 10.2. The quantitative estimate of drug-likeness (QED) is 0.649. The third kappa shape index (κ3) is 1.92. The zero-order valence-electron chi connectivity index (χ0n) is 8.79. The minimum atomic E-state index is -0.529. The minimum Gasteiger partial charge on any atom is -0.381 e. The molecule has 0 fully saturated rings. The average Bonchev–Trinajstić information content (AvgIpc) is 2.60. The van der Waals surface area contributed by atoms with Gasteiger partial charge in [0.2, 0.25) is 0 Å². The Morgan fingerprint density at radius 3 is 2.76 bits per heavy atom. The molecular formula is C9H8ClN5O2. The summed E-state index contributed by atoms with van der Waals surface area (Å²) in [5.41, 5.74) is 6.21. The Kier molecular flexibility index (Phi) is 2.68. The van der Waals surface area contributed by atoms with Crippen LogP contribution in [0.3, 0.4) is 0 Å². The summed E-state index contributed by atoms with van der Waals surface area (Å²) < 4.78 is 1.31. The van der Waals surface area contributed by atoms with Gasteiger partial charge < -0.3 is 5.73 Å².